The van der Waals surface area contributed by atoms with Crippen molar-refractivity contribution in [3.05, 3.63) is 0 Å². The molecule has 1 aliphatic heterocycles. The molecule has 0 amide bonds. The fraction of sp³-hybridized carbons (Fsp3) is 0.667. The number of nitrogens with zero attached hydrogens (tertiary/aromatic N) is 4. The fourth-order valence-corrected chi connectivity index (χ4v) is 3.40. The van der Waals surface area contributed by atoms with Crippen LogP contribution in [0.4, 0.5) is 11.6 Å². The van der Waals surface area contributed by atoms with Crippen LogP contribution in [-0.2, 0) is 16.4 Å². The Morgan fingerprint density at radius 1 is 1.48 bits per heavy atom. The number of aliphatic hydroxyl groups is 1. The van der Waals surface area contributed by atoms with Crippen molar-refractivity contribution < 1.29 is 13.5 Å². The highest BCUT2D eigenvalue weighted by Crippen LogP contribution is 2.31. The van der Waals surface area contributed by atoms with Gasteiger partial charge in [0.05, 0.1) is 25.1 Å². The second-order valence-electron chi connectivity index (χ2n) is 5.16. The molecular weight excluding hydrogens is 294 g/mol. The number of nitrogens with two attached hydrogens (primary N) is 1. The lowest BCUT2D eigenvalue weighted by atomic mass is 10.1. The maximum Gasteiger partial charge on any atom is 0.182 e. The van der Waals surface area contributed by atoms with Crippen molar-refractivity contribution in [2.75, 3.05) is 30.0 Å². The monoisotopic (exact) mass is 313 g/mol. The molecular formula is C12H19N5O3S. The molecule has 1 aromatic rings. The van der Waals surface area contributed by atoms with E-state index >= 15 is 0 Å². The van der Waals surface area contributed by atoms with E-state index in [2.05, 4.69) is 5.10 Å². The minimum absolute atomic E-state index is 0.0110. The lowest BCUT2D eigenvalue weighted by Gasteiger charge is -2.30. The molecule has 1 aromatic heterocycles. The van der Waals surface area contributed by atoms with E-state index in [0.717, 1.165) is 6.26 Å². The molecule has 9 heteroatoms. The number of aliphatic hydroxyl groups excluding tert-OH is 1. The molecule has 0 atom stereocenters. The molecule has 0 aromatic carbocycles. The van der Waals surface area contributed by atoms with E-state index in [0.29, 0.717) is 31.7 Å². The number of piperidine rings is 1. The van der Waals surface area contributed by atoms with Crippen molar-refractivity contribution in [1.82, 2.24) is 9.78 Å². The van der Waals surface area contributed by atoms with E-state index in [9.17, 15) is 13.5 Å². The van der Waals surface area contributed by atoms with Gasteiger partial charge >= 0.3 is 0 Å². The van der Waals surface area contributed by atoms with Crippen molar-refractivity contribution in [2.45, 2.75) is 36.8 Å². The SMILES string of the molecule is CS(=O)(=O)c1c(N2CCC(O)CC2)nn(CCC#N)c1N. The molecule has 1 aliphatic rings. The summed E-state index contributed by atoms with van der Waals surface area (Å²) in [4.78, 5) is 1.83. The first-order valence-electron chi connectivity index (χ1n) is 6.71. The van der Waals surface area contributed by atoms with Gasteiger partial charge in [0.15, 0.2) is 20.6 Å². The van der Waals surface area contributed by atoms with Gasteiger partial charge in [0.2, 0.25) is 0 Å². The molecule has 1 fully saturated rings. The van der Waals surface area contributed by atoms with Crippen molar-refractivity contribution in [1.29, 1.82) is 5.26 Å². The number of sulfone groups is 1. The van der Waals surface area contributed by atoms with E-state index in [-0.39, 0.29) is 29.8 Å². The van der Waals surface area contributed by atoms with Gasteiger partial charge < -0.3 is 15.7 Å². The molecule has 0 saturated carbocycles. The number of aryl methyl sites for hydroxylation is 1. The van der Waals surface area contributed by atoms with Crippen LogP contribution in [0.1, 0.15) is 19.3 Å². The molecule has 116 valence electrons. The van der Waals surface area contributed by atoms with E-state index in [1.54, 1.807) is 0 Å². The number of anilines is 2. The van der Waals surface area contributed by atoms with Gasteiger partial charge in [-0.15, -0.1) is 0 Å². The van der Waals surface area contributed by atoms with Crippen LogP contribution in [0.2, 0.25) is 0 Å². The molecule has 3 N–H and O–H groups in total. The standard InChI is InChI=1S/C12H19N5O3S/c1-21(19,20)10-11(14)17(6-2-5-13)15-12(10)16-7-3-9(18)4-8-16/h9,18H,2-4,6-8,14H2,1H3. The average Bonchev–Trinajstić information content (AvgIpc) is 2.74. The highest BCUT2D eigenvalue weighted by molar-refractivity contribution is 7.91. The van der Waals surface area contributed by atoms with Crippen molar-refractivity contribution in [3.8, 4) is 6.07 Å². The van der Waals surface area contributed by atoms with E-state index < -0.39 is 9.84 Å². The highest BCUT2D eigenvalue weighted by atomic mass is 32.2. The van der Waals surface area contributed by atoms with Crippen LogP contribution in [0, 0.1) is 11.3 Å². The number of nitriles is 1. The predicted octanol–water partition coefficient (Wildman–Crippen LogP) is -0.256. The summed E-state index contributed by atoms with van der Waals surface area (Å²) < 4.78 is 25.3. The summed E-state index contributed by atoms with van der Waals surface area (Å²) in [6.45, 7) is 1.30. The molecule has 0 aliphatic carbocycles. The second-order valence-corrected chi connectivity index (χ2v) is 7.11. The summed E-state index contributed by atoms with van der Waals surface area (Å²) in [5.41, 5.74) is 5.90. The maximum atomic E-state index is 12.0. The molecule has 2 rings (SSSR count). The van der Waals surface area contributed by atoms with Crippen molar-refractivity contribution in [2.24, 2.45) is 0 Å². The summed E-state index contributed by atoms with van der Waals surface area (Å²) in [5.74, 6) is 0.383. The Hall–Kier alpha value is -1.79. The van der Waals surface area contributed by atoms with E-state index in [4.69, 9.17) is 11.0 Å². The Kier molecular flexibility index (Phi) is 4.39. The third kappa shape index (κ3) is 3.28. The summed E-state index contributed by atoms with van der Waals surface area (Å²) in [6, 6.07) is 1.98. The topological polar surface area (TPSA) is 125 Å². The van der Waals surface area contributed by atoms with Gasteiger partial charge in [-0.25, -0.2) is 13.1 Å². The van der Waals surface area contributed by atoms with Gasteiger partial charge in [0, 0.05) is 19.3 Å². The quantitative estimate of drug-likeness (QED) is 0.784. The van der Waals surface area contributed by atoms with Crippen LogP contribution in [0.25, 0.3) is 0 Å². The van der Waals surface area contributed by atoms with Crippen molar-refractivity contribution in [3.63, 3.8) is 0 Å². The van der Waals surface area contributed by atoms with Gasteiger partial charge in [-0.2, -0.15) is 10.4 Å². The number of aromatic nitrogens is 2. The lowest BCUT2D eigenvalue weighted by Crippen LogP contribution is -2.36. The number of rotatable bonds is 4. The van der Waals surface area contributed by atoms with Crippen LogP contribution in [-0.4, -0.2) is 48.8 Å². The molecule has 2 heterocycles. The Morgan fingerprint density at radius 2 is 2.10 bits per heavy atom. The van der Waals surface area contributed by atoms with Crippen LogP contribution < -0.4 is 10.6 Å². The first-order chi connectivity index (χ1) is 9.84. The summed E-state index contributed by atoms with van der Waals surface area (Å²) in [6.07, 6.45) is 2.06. The number of hydrogen-bond acceptors (Lipinski definition) is 7. The molecule has 1 saturated heterocycles. The molecule has 21 heavy (non-hydrogen) atoms. The van der Waals surface area contributed by atoms with Gasteiger partial charge in [-0.1, -0.05) is 0 Å². The summed E-state index contributed by atoms with van der Waals surface area (Å²) >= 11 is 0. The third-order valence-corrected chi connectivity index (χ3v) is 4.63. The van der Waals surface area contributed by atoms with Crippen LogP contribution in [0.3, 0.4) is 0 Å². The highest BCUT2D eigenvalue weighted by Gasteiger charge is 2.29. The zero-order chi connectivity index (χ0) is 15.6. The van der Waals surface area contributed by atoms with Gasteiger partial charge in [0.1, 0.15) is 5.82 Å². The first kappa shape index (κ1) is 15.6. The zero-order valence-corrected chi connectivity index (χ0v) is 12.7. The summed E-state index contributed by atoms with van der Waals surface area (Å²) in [7, 11) is -3.53. The molecule has 0 radical (unpaired) electrons. The Balaban J connectivity index is 2.41. The molecule has 0 unspecified atom stereocenters. The predicted molar refractivity (Wildman–Crippen MR) is 77.4 cm³/mol. The van der Waals surface area contributed by atoms with Crippen LogP contribution in [0.15, 0.2) is 4.90 Å². The summed E-state index contributed by atoms with van der Waals surface area (Å²) in [5, 5.41) is 22.5. The van der Waals surface area contributed by atoms with Gasteiger partial charge in [0.25, 0.3) is 0 Å². The number of nitrogen functional groups attached to an aromatic ring is 1. The Bertz CT molecular complexity index is 653. The molecule has 8 nitrogen and oxygen atoms in total. The smallest absolute Gasteiger partial charge is 0.182 e. The average molecular weight is 313 g/mol. The van der Waals surface area contributed by atoms with E-state index in [1.165, 1.54) is 4.68 Å². The second kappa shape index (κ2) is 5.91. The zero-order valence-electron chi connectivity index (χ0n) is 11.9. The van der Waals surface area contributed by atoms with Gasteiger partial charge in [-0.05, 0) is 12.8 Å². The first-order valence-corrected chi connectivity index (χ1v) is 8.60. The molecule has 0 bridgehead atoms. The number of hydrogen-bond donors (Lipinski definition) is 2. The van der Waals surface area contributed by atoms with Crippen LogP contribution >= 0.6 is 0 Å². The fourth-order valence-electron chi connectivity index (χ4n) is 2.41. The van der Waals surface area contributed by atoms with E-state index in [1.807, 2.05) is 11.0 Å². The minimum atomic E-state index is -3.53. The van der Waals surface area contributed by atoms with Gasteiger partial charge in [-0.3, -0.25) is 0 Å². The van der Waals surface area contributed by atoms with Crippen LogP contribution in [0.5, 0.6) is 0 Å². The normalized spacial score (nSPS) is 16.9. The maximum absolute atomic E-state index is 12.0. The Labute approximate surface area is 123 Å². The minimum Gasteiger partial charge on any atom is -0.393 e. The third-order valence-electron chi connectivity index (χ3n) is 3.50. The Morgan fingerprint density at radius 3 is 2.62 bits per heavy atom. The largest absolute Gasteiger partial charge is 0.393 e. The van der Waals surface area contributed by atoms with Crippen molar-refractivity contribution >= 4 is 21.5 Å². The molecule has 0 spiro atoms. The lowest BCUT2D eigenvalue weighted by molar-refractivity contribution is 0.145.